The van der Waals surface area contributed by atoms with Crippen LogP contribution in [0.4, 0.5) is 0 Å². The second-order valence-electron chi connectivity index (χ2n) is 9.79. The van der Waals surface area contributed by atoms with Crippen molar-refractivity contribution >= 4 is 0 Å². The lowest BCUT2D eigenvalue weighted by molar-refractivity contribution is -0.170. The van der Waals surface area contributed by atoms with Crippen molar-refractivity contribution in [3.05, 3.63) is 78.4 Å². The van der Waals surface area contributed by atoms with Gasteiger partial charge in [0, 0.05) is 6.42 Å². The molecular formula is C29H38O7. The van der Waals surface area contributed by atoms with Gasteiger partial charge in [0.2, 0.25) is 0 Å². The zero-order valence-corrected chi connectivity index (χ0v) is 21.4. The van der Waals surface area contributed by atoms with Crippen molar-refractivity contribution in [3.63, 3.8) is 0 Å². The molecule has 36 heavy (non-hydrogen) atoms. The Morgan fingerprint density at radius 3 is 2.42 bits per heavy atom. The summed E-state index contributed by atoms with van der Waals surface area (Å²) in [6, 6.07) is 17.7. The fraction of sp³-hybridized carbons (Fsp3) is 0.517. The van der Waals surface area contributed by atoms with E-state index in [0.29, 0.717) is 32.7 Å². The van der Waals surface area contributed by atoms with Crippen LogP contribution in [-0.2, 0) is 36.9 Å². The van der Waals surface area contributed by atoms with E-state index in [-0.39, 0.29) is 18.3 Å². The molecule has 7 heteroatoms. The fourth-order valence-corrected chi connectivity index (χ4v) is 4.69. The number of methoxy groups -OCH3 is 1. The van der Waals surface area contributed by atoms with Crippen molar-refractivity contribution in [2.45, 2.75) is 82.3 Å². The monoisotopic (exact) mass is 498 g/mol. The van der Waals surface area contributed by atoms with E-state index in [4.69, 9.17) is 28.4 Å². The molecule has 0 amide bonds. The minimum absolute atomic E-state index is 0.224. The van der Waals surface area contributed by atoms with E-state index in [1.54, 1.807) is 13.2 Å². The van der Waals surface area contributed by atoms with Gasteiger partial charge in [0.25, 0.3) is 0 Å². The summed E-state index contributed by atoms with van der Waals surface area (Å²) in [4.78, 5) is 0. The Hall–Kier alpha value is -2.26. The molecule has 0 bridgehead atoms. The van der Waals surface area contributed by atoms with Crippen LogP contribution in [0.2, 0.25) is 0 Å². The summed E-state index contributed by atoms with van der Waals surface area (Å²) in [7, 11) is 1.64. The van der Waals surface area contributed by atoms with Gasteiger partial charge in [0.05, 0.1) is 45.2 Å². The van der Waals surface area contributed by atoms with E-state index in [9.17, 15) is 5.11 Å². The predicted octanol–water partition coefficient (Wildman–Crippen LogP) is 4.41. The highest BCUT2D eigenvalue weighted by atomic mass is 16.8. The number of aliphatic hydroxyl groups excluding tert-OH is 1. The van der Waals surface area contributed by atoms with Crippen LogP contribution in [0.5, 0.6) is 5.75 Å². The molecule has 2 fully saturated rings. The standard InChI is InChI=1S/C29H38O7/c1-5-9-23(32-18-21-12-14-22(31-4)15-13-21)27(30)28-25(33-17-20-10-7-6-8-11-20)16-24(35-28)26-19-34-29(2,3)36-26/h5-8,10-15,23-28,30H,1,9,16-19H2,2-4H3/t23-,24-,25+,26+,27-,28-/m1/s1. The van der Waals surface area contributed by atoms with Crippen LogP contribution < -0.4 is 4.74 Å². The molecule has 2 aromatic rings. The summed E-state index contributed by atoms with van der Waals surface area (Å²) >= 11 is 0. The van der Waals surface area contributed by atoms with Crippen molar-refractivity contribution < 1.29 is 33.5 Å². The van der Waals surface area contributed by atoms with Crippen LogP contribution in [0, 0.1) is 0 Å². The molecule has 7 nitrogen and oxygen atoms in total. The maximum absolute atomic E-state index is 11.5. The zero-order chi connectivity index (χ0) is 25.5. The number of hydrogen-bond acceptors (Lipinski definition) is 7. The van der Waals surface area contributed by atoms with Crippen LogP contribution in [0.15, 0.2) is 67.3 Å². The van der Waals surface area contributed by atoms with Gasteiger partial charge in [-0.15, -0.1) is 6.58 Å². The van der Waals surface area contributed by atoms with Gasteiger partial charge >= 0.3 is 0 Å². The van der Waals surface area contributed by atoms with Crippen molar-refractivity contribution in [1.82, 2.24) is 0 Å². The van der Waals surface area contributed by atoms with E-state index in [2.05, 4.69) is 6.58 Å². The molecule has 196 valence electrons. The minimum atomic E-state index is -0.914. The number of benzene rings is 2. The SMILES string of the molecule is C=CC[C@@H](OCc1ccc(OC)cc1)[C@@H](O)[C@@H]1O[C@@H]([C@@H]2COC(C)(C)O2)C[C@@H]1OCc1ccccc1. The Labute approximate surface area is 213 Å². The first-order valence-corrected chi connectivity index (χ1v) is 12.5. The van der Waals surface area contributed by atoms with Gasteiger partial charge in [0.15, 0.2) is 5.79 Å². The minimum Gasteiger partial charge on any atom is -0.497 e. The first kappa shape index (κ1) is 26.8. The van der Waals surface area contributed by atoms with Crippen LogP contribution >= 0.6 is 0 Å². The molecule has 2 saturated heterocycles. The van der Waals surface area contributed by atoms with Gasteiger partial charge in [-0.3, -0.25) is 0 Å². The third-order valence-electron chi connectivity index (χ3n) is 6.65. The number of rotatable bonds is 12. The maximum Gasteiger partial charge on any atom is 0.163 e. The highest BCUT2D eigenvalue weighted by molar-refractivity contribution is 5.26. The lowest BCUT2D eigenvalue weighted by Gasteiger charge is -2.30. The van der Waals surface area contributed by atoms with E-state index < -0.39 is 24.1 Å². The fourth-order valence-electron chi connectivity index (χ4n) is 4.69. The normalized spacial score (nSPS) is 27.0. The van der Waals surface area contributed by atoms with Crippen molar-refractivity contribution in [2.24, 2.45) is 0 Å². The number of ether oxygens (including phenoxy) is 6. The topological polar surface area (TPSA) is 75.6 Å². The average Bonchev–Trinajstić information content (AvgIpc) is 3.48. The first-order valence-electron chi connectivity index (χ1n) is 12.5. The summed E-state index contributed by atoms with van der Waals surface area (Å²) in [6.45, 7) is 8.86. The van der Waals surface area contributed by atoms with E-state index in [1.165, 1.54) is 0 Å². The third-order valence-corrected chi connectivity index (χ3v) is 6.65. The summed E-state index contributed by atoms with van der Waals surface area (Å²) in [5.41, 5.74) is 2.05. The van der Waals surface area contributed by atoms with Crippen LogP contribution in [0.3, 0.4) is 0 Å². The second kappa shape index (κ2) is 12.3. The molecular weight excluding hydrogens is 460 g/mol. The summed E-state index contributed by atoms with van der Waals surface area (Å²) in [5, 5.41) is 11.5. The van der Waals surface area contributed by atoms with E-state index in [0.717, 1.165) is 16.9 Å². The molecule has 2 aliphatic heterocycles. The van der Waals surface area contributed by atoms with Crippen LogP contribution in [0.25, 0.3) is 0 Å². The first-order chi connectivity index (χ1) is 17.4. The lowest BCUT2D eigenvalue weighted by atomic mass is 9.99. The Morgan fingerprint density at radius 1 is 1.06 bits per heavy atom. The number of hydrogen-bond donors (Lipinski definition) is 1. The second-order valence-corrected chi connectivity index (χ2v) is 9.79. The van der Waals surface area contributed by atoms with Crippen molar-refractivity contribution in [3.8, 4) is 5.75 Å². The van der Waals surface area contributed by atoms with Gasteiger partial charge in [-0.1, -0.05) is 48.5 Å². The number of aliphatic hydroxyl groups is 1. The van der Waals surface area contributed by atoms with Crippen LogP contribution in [-0.4, -0.2) is 61.2 Å². The predicted molar refractivity (Wildman–Crippen MR) is 136 cm³/mol. The molecule has 2 heterocycles. The van der Waals surface area contributed by atoms with E-state index in [1.807, 2.05) is 68.4 Å². The quantitative estimate of drug-likeness (QED) is 0.435. The van der Waals surface area contributed by atoms with Crippen molar-refractivity contribution in [1.29, 1.82) is 0 Å². The summed E-state index contributed by atoms with van der Waals surface area (Å²) in [5.74, 6) is 0.129. The molecule has 1 N–H and O–H groups in total. The van der Waals surface area contributed by atoms with Gasteiger partial charge in [-0.2, -0.15) is 0 Å². The highest BCUT2D eigenvalue weighted by Crippen LogP contribution is 2.35. The molecule has 0 radical (unpaired) electrons. The summed E-state index contributed by atoms with van der Waals surface area (Å²) < 4.78 is 35.9. The molecule has 0 saturated carbocycles. The molecule has 2 aliphatic rings. The highest BCUT2D eigenvalue weighted by Gasteiger charge is 2.48. The van der Waals surface area contributed by atoms with Gasteiger partial charge in [-0.05, 0) is 43.5 Å². The molecule has 0 aliphatic carbocycles. The smallest absolute Gasteiger partial charge is 0.163 e. The third kappa shape index (κ3) is 6.94. The van der Waals surface area contributed by atoms with Gasteiger partial charge in [0.1, 0.15) is 24.1 Å². The van der Waals surface area contributed by atoms with Gasteiger partial charge < -0.3 is 33.5 Å². The Kier molecular flexibility index (Phi) is 9.17. The summed E-state index contributed by atoms with van der Waals surface area (Å²) in [6.07, 6.45) is 0.0274. The zero-order valence-electron chi connectivity index (χ0n) is 21.4. The maximum atomic E-state index is 11.5. The van der Waals surface area contributed by atoms with Crippen LogP contribution in [0.1, 0.15) is 37.8 Å². The average molecular weight is 499 g/mol. The molecule has 0 spiro atoms. The Morgan fingerprint density at radius 2 is 1.78 bits per heavy atom. The van der Waals surface area contributed by atoms with Gasteiger partial charge in [-0.25, -0.2) is 0 Å². The Bertz CT molecular complexity index is 946. The molecule has 2 aromatic carbocycles. The molecule has 6 atom stereocenters. The van der Waals surface area contributed by atoms with Crippen molar-refractivity contribution in [2.75, 3.05) is 13.7 Å². The van der Waals surface area contributed by atoms with E-state index >= 15 is 0 Å². The molecule has 4 rings (SSSR count). The largest absolute Gasteiger partial charge is 0.497 e. The molecule has 0 aromatic heterocycles. The lowest BCUT2D eigenvalue weighted by Crippen LogP contribution is -2.45. The molecule has 0 unspecified atom stereocenters. The Balaban J connectivity index is 1.45.